The first-order valence-corrected chi connectivity index (χ1v) is 3.14. The number of hydrogen-bond acceptors (Lipinski definition) is 1. The third-order valence-electron chi connectivity index (χ3n) is 1.38. The van der Waals surface area contributed by atoms with Crippen molar-refractivity contribution in [3.63, 3.8) is 0 Å². The van der Waals surface area contributed by atoms with E-state index in [0.29, 0.717) is 0 Å². The second-order valence-electron chi connectivity index (χ2n) is 2.08. The molecule has 2 N–H and O–H groups in total. The van der Waals surface area contributed by atoms with Gasteiger partial charge in [-0.2, -0.15) is 0 Å². The molecule has 0 fully saturated rings. The predicted molar refractivity (Wildman–Crippen MR) is 37.1 cm³/mol. The highest BCUT2D eigenvalue weighted by Gasteiger charge is 2.03. The molecule has 10 heavy (non-hydrogen) atoms. The summed E-state index contributed by atoms with van der Waals surface area (Å²) >= 11 is 0. The molecule has 54 valence electrons. The second kappa shape index (κ2) is 2.56. The van der Waals surface area contributed by atoms with E-state index in [4.69, 9.17) is 5.11 Å². The first-order valence-electron chi connectivity index (χ1n) is 3.14. The Kier molecular flexibility index (Phi) is 1.76. The number of hydrogen-bond donors (Lipinski definition) is 2. The van der Waals surface area contributed by atoms with Crippen LogP contribution < -0.4 is 0 Å². The summed E-state index contributed by atoms with van der Waals surface area (Å²) in [7, 11) is 0. The van der Waals surface area contributed by atoms with Gasteiger partial charge in [-0.1, -0.05) is 6.92 Å². The van der Waals surface area contributed by atoms with E-state index in [-0.39, 0.29) is 5.69 Å². The third-order valence-corrected chi connectivity index (χ3v) is 1.38. The van der Waals surface area contributed by atoms with Crippen molar-refractivity contribution < 1.29 is 9.90 Å². The van der Waals surface area contributed by atoms with Crippen molar-refractivity contribution in [1.82, 2.24) is 4.98 Å². The molecule has 3 heteroatoms. The number of nitrogens with one attached hydrogen (secondary N) is 1. The summed E-state index contributed by atoms with van der Waals surface area (Å²) < 4.78 is 0. The van der Waals surface area contributed by atoms with Crippen molar-refractivity contribution in [2.45, 2.75) is 13.3 Å². The first kappa shape index (κ1) is 6.86. The molecule has 0 amide bonds. The van der Waals surface area contributed by atoms with Crippen LogP contribution in [0.2, 0.25) is 0 Å². The number of aryl methyl sites for hydroxylation is 1. The Morgan fingerprint density at radius 1 is 1.80 bits per heavy atom. The molecule has 1 aromatic rings. The quantitative estimate of drug-likeness (QED) is 0.648. The molecule has 0 aromatic carbocycles. The van der Waals surface area contributed by atoms with Crippen LogP contribution in [0.1, 0.15) is 23.0 Å². The summed E-state index contributed by atoms with van der Waals surface area (Å²) in [5.41, 5.74) is 1.29. The number of rotatable bonds is 2. The number of carboxylic acids is 1. The van der Waals surface area contributed by atoms with Crippen molar-refractivity contribution in [3.8, 4) is 0 Å². The number of carbonyl (C=O) groups is 1. The molecule has 0 aliphatic rings. The molecule has 0 bridgehead atoms. The van der Waals surface area contributed by atoms with Gasteiger partial charge in [0.25, 0.3) is 0 Å². The van der Waals surface area contributed by atoms with Crippen LogP contribution in [0.4, 0.5) is 0 Å². The van der Waals surface area contributed by atoms with Crippen molar-refractivity contribution >= 4 is 5.97 Å². The summed E-state index contributed by atoms with van der Waals surface area (Å²) in [6, 6.07) is 1.64. The van der Waals surface area contributed by atoms with Gasteiger partial charge in [-0.15, -0.1) is 0 Å². The Morgan fingerprint density at radius 2 is 2.50 bits per heavy atom. The minimum absolute atomic E-state index is 0.261. The highest BCUT2D eigenvalue weighted by atomic mass is 16.4. The van der Waals surface area contributed by atoms with Gasteiger partial charge in [0.05, 0.1) is 0 Å². The van der Waals surface area contributed by atoms with Crippen LogP contribution >= 0.6 is 0 Å². The van der Waals surface area contributed by atoms with Crippen LogP contribution in [0, 0.1) is 0 Å². The minimum atomic E-state index is -0.903. The van der Waals surface area contributed by atoms with E-state index in [1.165, 1.54) is 0 Å². The van der Waals surface area contributed by atoms with Gasteiger partial charge in [-0.05, 0) is 18.1 Å². The lowest BCUT2D eigenvalue weighted by molar-refractivity contribution is 0.0691. The lowest BCUT2D eigenvalue weighted by Gasteiger charge is -1.82. The molecule has 3 nitrogen and oxygen atoms in total. The van der Waals surface area contributed by atoms with Crippen molar-refractivity contribution in [3.05, 3.63) is 23.5 Å². The van der Waals surface area contributed by atoms with Gasteiger partial charge in [0, 0.05) is 6.20 Å². The van der Waals surface area contributed by atoms with E-state index in [1.54, 1.807) is 12.3 Å². The standard InChI is InChI=1S/C7H9NO2/c1-2-5-3-6(7(9)10)8-4-5/h3-4,8H,2H2,1H3,(H,9,10). The van der Waals surface area contributed by atoms with E-state index in [1.807, 2.05) is 6.92 Å². The summed E-state index contributed by atoms with van der Waals surface area (Å²) in [5, 5.41) is 8.46. The summed E-state index contributed by atoms with van der Waals surface area (Å²) in [6.45, 7) is 1.98. The Bertz CT molecular complexity index is 240. The number of H-pyrrole nitrogens is 1. The highest BCUT2D eigenvalue weighted by molar-refractivity contribution is 5.85. The van der Waals surface area contributed by atoms with Crippen LogP contribution in [-0.4, -0.2) is 16.1 Å². The first-order chi connectivity index (χ1) is 4.74. The fourth-order valence-corrected chi connectivity index (χ4v) is 0.767. The topological polar surface area (TPSA) is 53.1 Å². The van der Waals surface area contributed by atoms with Gasteiger partial charge in [0.1, 0.15) is 5.69 Å². The fourth-order valence-electron chi connectivity index (χ4n) is 0.767. The Morgan fingerprint density at radius 3 is 2.80 bits per heavy atom. The van der Waals surface area contributed by atoms with Gasteiger partial charge >= 0.3 is 5.97 Å². The fraction of sp³-hybridized carbons (Fsp3) is 0.286. The van der Waals surface area contributed by atoms with Crippen LogP contribution in [0.5, 0.6) is 0 Å². The Balaban J connectivity index is 2.88. The molecule has 1 aromatic heterocycles. The zero-order chi connectivity index (χ0) is 7.56. The van der Waals surface area contributed by atoms with E-state index in [0.717, 1.165) is 12.0 Å². The van der Waals surface area contributed by atoms with Crippen LogP contribution in [0.3, 0.4) is 0 Å². The number of aromatic carboxylic acids is 1. The van der Waals surface area contributed by atoms with Gasteiger partial charge in [0.15, 0.2) is 0 Å². The molecule has 0 aliphatic heterocycles. The van der Waals surface area contributed by atoms with Crippen molar-refractivity contribution in [2.24, 2.45) is 0 Å². The normalized spacial score (nSPS) is 9.70. The predicted octanol–water partition coefficient (Wildman–Crippen LogP) is 1.28. The molecule has 0 aliphatic carbocycles. The molecule has 0 atom stereocenters. The number of aromatic amines is 1. The SMILES string of the molecule is CCc1c[nH]c(C(=O)O)c1. The molecule has 0 unspecified atom stereocenters. The molecule has 1 heterocycles. The maximum absolute atomic E-state index is 10.3. The summed E-state index contributed by atoms with van der Waals surface area (Å²) in [4.78, 5) is 13.0. The largest absolute Gasteiger partial charge is 0.477 e. The zero-order valence-corrected chi connectivity index (χ0v) is 5.72. The molecule has 1 rings (SSSR count). The number of carboxylic acid groups (broad SMARTS) is 1. The van der Waals surface area contributed by atoms with Crippen LogP contribution in [0.15, 0.2) is 12.3 Å². The summed E-state index contributed by atoms with van der Waals surface area (Å²) in [5.74, 6) is -0.903. The Labute approximate surface area is 58.7 Å². The van der Waals surface area contributed by atoms with E-state index >= 15 is 0 Å². The van der Waals surface area contributed by atoms with Crippen LogP contribution in [-0.2, 0) is 6.42 Å². The smallest absolute Gasteiger partial charge is 0.352 e. The molecular formula is C7H9NO2. The van der Waals surface area contributed by atoms with Crippen LogP contribution in [0.25, 0.3) is 0 Å². The zero-order valence-electron chi connectivity index (χ0n) is 5.72. The second-order valence-corrected chi connectivity index (χ2v) is 2.08. The Hall–Kier alpha value is -1.25. The number of aromatic nitrogens is 1. The minimum Gasteiger partial charge on any atom is -0.477 e. The van der Waals surface area contributed by atoms with Gasteiger partial charge < -0.3 is 10.1 Å². The van der Waals surface area contributed by atoms with Crippen molar-refractivity contribution in [1.29, 1.82) is 0 Å². The van der Waals surface area contributed by atoms with Crippen molar-refractivity contribution in [2.75, 3.05) is 0 Å². The lowest BCUT2D eigenvalue weighted by atomic mass is 10.2. The monoisotopic (exact) mass is 139 g/mol. The van der Waals surface area contributed by atoms with Gasteiger partial charge in [-0.3, -0.25) is 0 Å². The third kappa shape index (κ3) is 1.18. The molecule has 0 spiro atoms. The van der Waals surface area contributed by atoms with Gasteiger partial charge in [0.2, 0.25) is 0 Å². The van der Waals surface area contributed by atoms with E-state index in [2.05, 4.69) is 4.98 Å². The van der Waals surface area contributed by atoms with E-state index in [9.17, 15) is 4.79 Å². The molecule has 0 saturated heterocycles. The molecule has 0 saturated carbocycles. The summed E-state index contributed by atoms with van der Waals surface area (Å²) in [6.07, 6.45) is 2.58. The molecular weight excluding hydrogens is 130 g/mol. The maximum Gasteiger partial charge on any atom is 0.352 e. The average Bonchev–Trinajstić information content (AvgIpc) is 2.34. The lowest BCUT2D eigenvalue weighted by Crippen LogP contribution is -1.94. The average molecular weight is 139 g/mol. The van der Waals surface area contributed by atoms with Gasteiger partial charge in [-0.25, -0.2) is 4.79 Å². The molecule has 0 radical (unpaired) electrons. The van der Waals surface area contributed by atoms with E-state index < -0.39 is 5.97 Å². The highest BCUT2D eigenvalue weighted by Crippen LogP contribution is 2.02. The maximum atomic E-state index is 10.3.